The third kappa shape index (κ3) is 3.91. The Labute approximate surface area is 169 Å². The number of nitrogens with one attached hydrogen (secondary N) is 1. The number of methoxy groups -OCH3 is 1. The number of aromatic nitrogens is 3. The van der Waals surface area contributed by atoms with E-state index in [0.717, 1.165) is 22.9 Å². The Morgan fingerprint density at radius 3 is 2.48 bits per heavy atom. The standard InChI is InChI=1S/C17H13ClF2N4O4S/c1-9-15(21-23-24(9)16-12(19)4-3-5-13(16)20)17(25)22-29(26,27)14-8-10(28-2)6-7-11(14)18/h3-8H,1-2H3,(H,22,25). The maximum Gasteiger partial charge on any atom is 0.287 e. The lowest BCUT2D eigenvalue weighted by Crippen LogP contribution is -2.31. The number of carbonyl (C=O) groups is 1. The summed E-state index contributed by atoms with van der Waals surface area (Å²) in [7, 11) is -3.06. The molecule has 0 unspecified atom stereocenters. The SMILES string of the molecule is COc1ccc(Cl)c(S(=O)(=O)NC(=O)c2nnn(-c3c(F)cccc3F)c2C)c1. The maximum absolute atomic E-state index is 14.0. The van der Waals surface area contributed by atoms with Gasteiger partial charge in [-0.2, -0.15) is 0 Å². The number of hydrogen-bond acceptors (Lipinski definition) is 6. The van der Waals surface area contributed by atoms with Crippen molar-refractivity contribution in [3.63, 3.8) is 0 Å². The number of carbonyl (C=O) groups excluding carboxylic acids is 1. The van der Waals surface area contributed by atoms with E-state index in [4.69, 9.17) is 16.3 Å². The van der Waals surface area contributed by atoms with Crippen molar-refractivity contribution in [2.24, 2.45) is 0 Å². The minimum absolute atomic E-state index is 0.0709. The summed E-state index contributed by atoms with van der Waals surface area (Å²) in [5, 5.41) is 6.98. The average Bonchev–Trinajstić information content (AvgIpc) is 3.03. The molecule has 0 bridgehead atoms. The average molecular weight is 443 g/mol. The molecule has 1 amide bonds. The molecule has 0 radical (unpaired) electrons. The molecular formula is C17H13ClF2N4O4S. The molecule has 152 valence electrons. The van der Waals surface area contributed by atoms with E-state index in [9.17, 15) is 22.0 Å². The number of nitrogens with zero attached hydrogens (tertiary/aromatic N) is 3. The largest absolute Gasteiger partial charge is 0.497 e. The fourth-order valence-corrected chi connectivity index (χ4v) is 3.95. The van der Waals surface area contributed by atoms with Crippen LogP contribution >= 0.6 is 11.6 Å². The molecule has 1 N–H and O–H groups in total. The lowest BCUT2D eigenvalue weighted by Gasteiger charge is -2.10. The summed E-state index contributed by atoms with van der Waals surface area (Å²) in [5.41, 5.74) is -1.05. The molecule has 0 saturated carbocycles. The highest BCUT2D eigenvalue weighted by atomic mass is 35.5. The number of benzene rings is 2. The molecule has 0 spiro atoms. The predicted octanol–water partition coefficient (Wildman–Crippen LogP) is 2.63. The topological polar surface area (TPSA) is 103 Å². The predicted molar refractivity (Wildman–Crippen MR) is 98.7 cm³/mol. The molecule has 29 heavy (non-hydrogen) atoms. The van der Waals surface area contributed by atoms with Crippen molar-refractivity contribution >= 4 is 27.5 Å². The van der Waals surface area contributed by atoms with Crippen LogP contribution in [0.1, 0.15) is 16.2 Å². The van der Waals surface area contributed by atoms with Crippen molar-refractivity contribution in [1.82, 2.24) is 19.7 Å². The van der Waals surface area contributed by atoms with Crippen molar-refractivity contribution in [3.8, 4) is 11.4 Å². The zero-order chi connectivity index (χ0) is 21.3. The fourth-order valence-electron chi connectivity index (χ4n) is 2.48. The van der Waals surface area contributed by atoms with E-state index in [0.29, 0.717) is 0 Å². The number of para-hydroxylation sites is 1. The monoisotopic (exact) mass is 442 g/mol. The van der Waals surface area contributed by atoms with Gasteiger partial charge in [0.15, 0.2) is 17.3 Å². The third-order valence-electron chi connectivity index (χ3n) is 3.91. The summed E-state index contributed by atoms with van der Waals surface area (Å²) in [6.45, 7) is 1.31. The minimum atomic E-state index is -4.40. The van der Waals surface area contributed by atoms with Crippen LogP contribution in [-0.4, -0.2) is 36.4 Å². The van der Waals surface area contributed by atoms with E-state index in [1.165, 1.54) is 32.2 Å². The van der Waals surface area contributed by atoms with Gasteiger partial charge in [0.1, 0.15) is 16.3 Å². The minimum Gasteiger partial charge on any atom is -0.497 e. The first kappa shape index (κ1) is 20.7. The van der Waals surface area contributed by atoms with Gasteiger partial charge in [0.25, 0.3) is 15.9 Å². The normalized spacial score (nSPS) is 11.3. The van der Waals surface area contributed by atoms with E-state index in [1.807, 2.05) is 0 Å². The van der Waals surface area contributed by atoms with Gasteiger partial charge < -0.3 is 4.74 Å². The molecule has 12 heteroatoms. The molecule has 3 rings (SSSR count). The third-order valence-corrected chi connectivity index (χ3v) is 5.73. The lowest BCUT2D eigenvalue weighted by molar-refractivity contribution is 0.0976. The summed E-state index contributed by atoms with van der Waals surface area (Å²) in [4.78, 5) is 12.1. The van der Waals surface area contributed by atoms with Crippen molar-refractivity contribution in [2.45, 2.75) is 11.8 Å². The second-order valence-electron chi connectivity index (χ2n) is 5.74. The van der Waals surface area contributed by atoms with Gasteiger partial charge in [-0.15, -0.1) is 5.10 Å². The lowest BCUT2D eigenvalue weighted by atomic mass is 10.2. The van der Waals surface area contributed by atoms with Gasteiger partial charge in [-0.05, 0) is 31.2 Å². The Hall–Kier alpha value is -3.05. The Morgan fingerprint density at radius 2 is 1.86 bits per heavy atom. The highest BCUT2D eigenvalue weighted by Crippen LogP contribution is 2.26. The van der Waals surface area contributed by atoms with Gasteiger partial charge in [-0.3, -0.25) is 4.79 Å². The molecule has 0 aliphatic heterocycles. The molecule has 2 aromatic carbocycles. The van der Waals surface area contributed by atoms with Crippen LogP contribution in [0.5, 0.6) is 5.75 Å². The molecule has 8 nitrogen and oxygen atoms in total. The van der Waals surface area contributed by atoms with Crippen molar-refractivity contribution in [2.75, 3.05) is 7.11 Å². The Morgan fingerprint density at radius 1 is 1.21 bits per heavy atom. The van der Waals surface area contributed by atoms with E-state index in [1.54, 1.807) is 4.72 Å². The highest BCUT2D eigenvalue weighted by Gasteiger charge is 2.27. The van der Waals surface area contributed by atoms with Gasteiger partial charge in [0.2, 0.25) is 0 Å². The molecule has 1 heterocycles. The van der Waals surface area contributed by atoms with E-state index >= 15 is 0 Å². The molecule has 0 aliphatic rings. The first-order valence-corrected chi connectivity index (χ1v) is 9.79. The van der Waals surface area contributed by atoms with Crippen LogP contribution in [0.25, 0.3) is 5.69 Å². The molecule has 1 aromatic heterocycles. The summed E-state index contributed by atoms with van der Waals surface area (Å²) in [6.07, 6.45) is 0. The summed E-state index contributed by atoms with van der Waals surface area (Å²) >= 11 is 5.92. The van der Waals surface area contributed by atoms with E-state index < -0.39 is 43.8 Å². The van der Waals surface area contributed by atoms with Crippen molar-refractivity contribution in [3.05, 3.63) is 64.4 Å². The number of halogens is 3. The van der Waals surface area contributed by atoms with Gasteiger partial charge >= 0.3 is 0 Å². The number of amides is 1. The zero-order valence-electron chi connectivity index (χ0n) is 15.0. The van der Waals surface area contributed by atoms with Crippen LogP contribution in [0.4, 0.5) is 8.78 Å². The Bertz CT molecular complexity index is 1190. The Balaban J connectivity index is 1.96. The maximum atomic E-state index is 14.0. The molecule has 0 atom stereocenters. The van der Waals surface area contributed by atoms with Crippen LogP contribution in [-0.2, 0) is 10.0 Å². The first-order chi connectivity index (χ1) is 13.7. The van der Waals surface area contributed by atoms with Gasteiger partial charge in [-0.25, -0.2) is 26.6 Å². The van der Waals surface area contributed by atoms with Gasteiger partial charge in [0, 0.05) is 6.07 Å². The van der Waals surface area contributed by atoms with Crippen LogP contribution in [0.3, 0.4) is 0 Å². The number of sulfonamides is 1. The quantitative estimate of drug-likeness (QED) is 0.651. The molecule has 0 saturated heterocycles. The number of rotatable bonds is 5. The summed E-state index contributed by atoms with van der Waals surface area (Å²) < 4.78 is 60.6. The van der Waals surface area contributed by atoms with Crippen molar-refractivity contribution < 1.29 is 26.7 Å². The second-order valence-corrected chi connectivity index (χ2v) is 7.79. The molecule has 0 aliphatic carbocycles. The first-order valence-electron chi connectivity index (χ1n) is 7.93. The second kappa shape index (κ2) is 7.76. The van der Waals surface area contributed by atoms with Crippen LogP contribution in [0.2, 0.25) is 5.02 Å². The zero-order valence-corrected chi connectivity index (χ0v) is 16.6. The Kier molecular flexibility index (Phi) is 5.53. The van der Waals surface area contributed by atoms with E-state index in [-0.39, 0.29) is 16.5 Å². The van der Waals surface area contributed by atoms with Crippen LogP contribution in [0.15, 0.2) is 41.3 Å². The fraction of sp³-hybridized carbons (Fsp3) is 0.118. The number of ether oxygens (including phenoxy) is 1. The van der Waals surface area contributed by atoms with Gasteiger partial charge in [0.05, 0.1) is 17.8 Å². The van der Waals surface area contributed by atoms with Crippen molar-refractivity contribution in [1.29, 1.82) is 0 Å². The summed E-state index contributed by atoms with van der Waals surface area (Å²) in [6, 6.07) is 7.06. The molecule has 3 aromatic rings. The highest BCUT2D eigenvalue weighted by molar-refractivity contribution is 7.90. The number of hydrogen-bond donors (Lipinski definition) is 1. The summed E-state index contributed by atoms with van der Waals surface area (Å²) in [5.74, 6) is -2.80. The molecular weight excluding hydrogens is 430 g/mol. The molecule has 0 fully saturated rings. The van der Waals surface area contributed by atoms with Gasteiger partial charge in [-0.1, -0.05) is 22.9 Å². The van der Waals surface area contributed by atoms with E-state index in [2.05, 4.69) is 10.3 Å². The van der Waals surface area contributed by atoms with Crippen LogP contribution < -0.4 is 9.46 Å². The van der Waals surface area contributed by atoms with Crippen LogP contribution in [0, 0.1) is 18.6 Å². The smallest absolute Gasteiger partial charge is 0.287 e.